The van der Waals surface area contributed by atoms with Crippen molar-refractivity contribution in [3.05, 3.63) is 35.4 Å². The molecule has 16 heavy (non-hydrogen) atoms. The Bertz CT molecular complexity index is 338. The summed E-state index contributed by atoms with van der Waals surface area (Å²) in [5, 5.41) is 2.92. The first kappa shape index (κ1) is 13.0. The summed E-state index contributed by atoms with van der Waals surface area (Å²) in [5.74, 6) is 0.735. The van der Waals surface area contributed by atoms with Crippen LogP contribution in [0.15, 0.2) is 24.3 Å². The second kappa shape index (κ2) is 7.29. The van der Waals surface area contributed by atoms with E-state index in [0.717, 1.165) is 12.8 Å². The smallest absolute Gasteiger partial charge is 0.220 e. The SMILES string of the molecule is Cc1ccccc1CNC(=O)CCCCCl. The van der Waals surface area contributed by atoms with Gasteiger partial charge in [-0.3, -0.25) is 4.79 Å². The van der Waals surface area contributed by atoms with Gasteiger partial charge in [0.2, 0.25) is 5.91 Å². The van der Waals surface area contributed by atoms with E-state index in [1.54, 1.807) is 0 Å². The third-order valence-corrected chi connectivity index (χ3v) is 2.79. The highest BCUT2D eigenvalue weighted by Gasteiger charge is 2.02. The largest absolute Gasteiger partial charge is 0.352 e. The topological polar surface area (TPSA) is 29.1 Å². The molecule has 0 unspecified atom stereocenters. The molecule has 0 saturated carbocycles. The van der Waals surface area contributed by atoms with Crippen molar-refractivity contribution < 1.29 is 4.79 Å². The predicted octanol–water partition coefficient (Wildman–Crippen LogP) is 3.02. The fourth-order valence-corrected chi connectivity index (χ4v) is 1.66. The minimum atomic E-state index is 0.105. The van der Waals surface area contributed by atoms with Crippen LogP contribution in [0, 0.1) is 6.92 Å². The third kappa shape index (κ3) is 4.67. The second-order valence-electron chi connectivity index (χ2n) is 3.85. The van der Waals surface area contributed by atoms with Gasteiger partial charge in [-0.05, 0) is 30.9 Å². The summed E-state index contributed by atoms with van der Waals surface area (Å²) in [7, 11) is 0. The van der Waals surface area contributed by atoms with Gasteiger partial charge in [0, 0.05) is 18.8 Å². The summed E-state index contributed by atoms with van der Waals surface area (Å²) in [6.45, 7) is 2.67. The molecular weight excluding hydrogens is 222 g/mol. The van der Waals surface area contributed by atoms with Gasteiger partial charge < -0.3 is 5.32 Å². The Morgan fingerprint density at radius 3 is 2.75 bits per heavy atom. The fraction of sp³-hybridized carbons (Fsp3) is 0.462. The highest BCUT2D eigenvalue weighted by Crippen LogP contribution is 2.06. The summed E-state index contributed by atoms with van der Waals surface area (Å²) in [6.07, 6.45) is 2.33. The van der Waals surface area contributed by atoms with Crippen LogP contribution in [0.2, 0.25) is 0 Å². The molecule has 1 amide bonds. The van der Waals surface area contributed by atoms with E-state index < -0.39 is 0 Å². The summed E-state index contributed by atoms with van der Waals surface area (Å²) in [6, 6.07) is 8.08. The first-order valence-corrected chi connectivity index (χ1v) is 6.14. The number of carbonyl (C=O) groups is 1. The molecule has 1 rings (SSSR count). The Morgan fingerprint density at radius 2 is 2.06 bits per heavy atom. The molecule has 88 valence electrons. The van der Waals surface area contributed by atoms with E-state index in [-0.39, 0.29) is 5.91 Å². The van der Waals surface area contributed by atoms with Crippen LogP contribution in [-0.4, -0.2) is 11.8 Å². The zero-order valence-electron chi connectivity index (χ0n) is 9.63. The van der Waals surface area contributed by atoms with Gasteiger partial charge in [-0.15, -0.1) is 11.6 Å². The molecule has 0 heterocycles. The highest BCUT2D eigenvalue weighted by atomic mass is 35.5. The average Bonchev–Trinajstić information content (AvgIpc) is 2.28. The maximum absolute atomic E-state index is 11.4. The van der Waals surface area contributed by atoms with Gasteiger partial charge in [0.15, 0.2) is 0 Å². The molecule has 1 aromatic rings. The number of amides is 1. The molecule has 0 bridgehead atoms. The predicted molar refractivity (Wildman–Crippen MR) is 67.6 cm³/mol. The van der Waals surface area contributed by atoms with Crippen LogP contribution < -0.4 is 5.32 Å². The first-order chi connectivity index (χ1) is 7.74. The number of unbranched alkanes of at least 4 members (excludes halogenated alkanes) is 1. The van der Waals surface area contributed by atoms with Crippen molar-refractivity contribution in [2.75, 3.05) is 5.88 Å². The number of nitrogens with one attached hydrogen (secondary N) is 1. The van der Waals surface area contributed by atoms with Gasteiger partial charge in [0.25, 0.3) is 0 Å². The highest BCUT2D eigenvalue weighted by molar-refractivity contribution is 6.17. The number of hydrogen-bond acceptors (Lipinski definition) is 1. The molecule has 0 aliphatic rings. The van der Waals surface area contributed by atoms with Crippen molar-refractivity contribution in [2.45, 2.75) is 32.7 Å². The van der Waals surface area contributed by atoms with Crippen molar-refractivity contribution in [1.29, 1.82) is 0 Å². The second-order valence-corrected chi connectivity index (χ2v) is 4.23. The number of halogens is 1. The Hall–Kier alpha value is -1.02. The van der Waals surface area contributed by atoms with Crippen LogP contribution in [-0.2, 0) is 11.3 Å². The van der Waals surface area contributed by atoms with Gasteiger partial charge in [-0.25, -0.2) is 0 Å². The van der Waals surface area contributed by atoms with Crippen LogP contribution >= 0.6 is 11.6 Å². The van der Waals surface area contributed by atoms with Crippen LogP contribution in [0.5, 0.6) is 0 Å². The fourth-order valence-electron chi connectivity index (χ4n) is 1.47. The van der Waals surface area contributed by atoms with Gasteiger partial charge in [0.1, 0.15) is 0 Å². The molecule has 2 nitrogen and oxygen atoms in total. The van der Waals surface area contributed by atoms with Crippen LogP contribution in [0.3, 0.4) is 0 Å². The average molecular weight is 240 g/mol. The summed E-state index contributed by atoms with van der Waals surface area (Å²) < 4.78 is 0. The Balaban J connectivity index is 2.29. The van der Waals surface area contributed by atoms with E-state index >= 15 is 0 Å². The monoisotopic (exact) mass is 239 g/mol. The van der Waals surface area contributed by atoms with Gasteiger partial charge in [-0.2, -0.15) is 0 Å². The number of aryl methyl sites for hydroxylation is 1. The molecule has 0 aromatic heterocycles. The molecule has 0 aliphatic carbocycles. The number of alkyl halides is 1. The maximum Gasteiger partial charge on any atom is 0.220 e. The summed E-state index contributed by atoms with van der Waals surface area (Å²) in [4.78, 5) is 11.4. The van der Waals surface area contributed by atoms with Crippen molar-refractivity contribution in [2.24, 2.45) is 0 Å². The molecule has 0 radical (unpaired) electrons. The lowest BCUT2D eigenvalue weighted by Gasteiger charge is -2.07. The molecule has 1 aromatic carbocycles. The Morgan fingerprint density at radius 1 is 1.31 bits per heavy atom. The standard InChI is InChI=1S/C13H18ClNO/c1-11-6-2-3-7-12(11)10-15-13(16)8-4-5-9-14/h2-3,6-7H,4-5,8-10H2,1H3,(H,15,16). The van der Waals surface area contributed by atoms with E-state index in [1.807, 2.05) is 18.2 Å². The molecule has 0 spiro atoms. The normalized spacial score (nSPS) is 10.1. The van der Waals surface area contributed by atoms with Crippen molar-refractivity contribution in [3.63, 3.8) is 0 Å². The third-order valence-electron chi connectivity index (χ3n) is 2.52. The summed E-state index contributed by atoms with van der Waals surface area (Å²) in [5.41, 5.74) is 2.39. The van der Waals surface area contributed by atoms with E-state index in [9.17, 15) is 4.79 Å². The van der Waals surface area contributed by atoms with E-state index in [2.05, 4.69) is 18.3 Å². The molecule has 0 fully saturated rings. The molecule has 0 atom stereocenters. The molecular formula is C13H18ClNO. The van der Waals surface area contributed by atoms with E-state index in [1.165, 1.54) is 11.1 Å². The number of rotatable bonds is 6. The van der Waals surface area contributed by atoms with Gasteiger partial charge in [-0.1, -0.05) is 24.3 Å². The first-order valence-electron chi connectivity index (χ1n) is 5.61. The lowest BCUT2D eigenvalue weighted by Crippen LogP contribution is -2.22. The molecule has 1 N–H and O–H groups in total. The number of benzene rings is 1. The van der Waals surface area contributed by atoms with Gasteiger partial charge >= 0.3 is 0 Å². The lowest BCUT2D eigenvalue weighted by molar-refractivity contribution is -0.121. The molecule has 0 saturated heterocycles. The van der Waals surface area contributed by atoms with Crippen LogP contribution in [0.1, 0.15) is 30.4 Å². The maximum atomic E-state index is 11.4. The van der Waals surface area contributed by atoms with Crippen molar-refractivity contribution in [1.82, 2.24) is 5.32 Å². The van der Waals surface area contributed by atoms with Gasteiger partial charge in [0.05, 0.1) is 0 Å². The van der Waals surface area contributed by atoms with Crippen LogP contribution in [0.25, 0.3) is 0 Å². The van der Waals surface area contributed by atoms with E-state index in [0.29, 0.717) is 18.8 Å². The number of hydrogen-bond donors (Lipinski definition) is 1. The van der Waals surface area contributed by atoms with Crippen LogP contribution in [0.4, 0.5) is 0 Å². The minimum absolute atomic E-state index is 0.105. The quantitative estimate of drug-likeness (QED) is 0.600. The number of carbonyl (C=O) groups excluding carboxylic acids is 1. The Labute approximate surface area is 102 Å². The van der Waals surface area contributed by atoms with E-state index in [4.69, 9.17) is 11.6 Å². The summed E-state index contributed by atoms with van der Waals surface area (Å²) >= 11 is 5.55. The zero-order valence-corrected chi connectivity index (χ0v) is 10.4. The zero-order chi connectivity index (χ0) is 11.8. The molecule has 3 heteroatoms. The van der Waals surface area contributed by atoms with Crippen molar-refractivity contribution in [3.8, 4) is 0 Å². The molecule has 0 aliphatic heterocycles. The minimum Gasteiger partial charge on any atom is -0.352 e. The lowest BCUT2D eigenvalue weighted by atomic mass is 10.1. The Kier molecular flexibility index (Phi) is 5.94. The van der Waals surface area contributed by atoms with Crippen molar-refractivity contribution >= 4 is 17.5 Å².